The molecule has 0 bridgehead atoms. The molecule has 2 aromatic rings. The second-order valence-corrected chi connectivity index (χ2v) is 6.14. The summed E-state index contributed by atoms with van der Waals surface area (Å²) in [6, 6.07) is 9.19. The lowest BCUT2D eigenvalue weighted by atomic mass is 10.1. The van der Waals surface area contributed by atoms with Crippen molar-refractivity contribution in [1.82, 2.24) is 0 Å². The first-order chi connectivity index (χ1) is 12.3. The summed E-state index contributed by atoms with van der Waals surface area (Å²) in [7, 11) is 0. The first-order valence-electron chi connectivity index (χ1n) is 7.87. The third kappa shape index (κ3) is 3.61. The Morgan fingerprint density at radius 1 is 1.04 bits per heavy atom. The van der Waals surface area contributed by atoms with Gasteiger partial charge in [0.25, 0.3) is 5.91 Å². The number of nitrogens with one attached hydrogen (secondary N) is 2. The van der Waals surface area contributed by atoms with E-state index in [9.17, 15) is 14.7 Å². The van der Waals surface area contributed by atoms with Gasteiger partial charge in [0.1, 0.15) is 5.75 Å². The monoisotopic (exact) mass is 354 g/mol. The number of phenols is 1. The van der Waals surface area contributed by atoms with Crippen LogP contribution in [-0.4, -0.2) is 22.7 Å². The number of fused-ring (bicyclic) bond motifs is 1. The molecule has 7 nitrogen and oxygen atoms in total. The van der Waals surface area contributed by atoms with Crippen molar-refractivity contribution >= 4 is 23.2 Å². The zero-order valence-corrected chi connectivity index (χ0v) is 14.3. The van der Waals surface area contributed by atoms with Crippen molar-refractivity contribution in [2.24, 2.45) is 0 Å². The van der Waals surface area contributed by atoms with Gasteiger partial charge in [0, 0.05) is 31.3 Å². The van der Waals surface area contributed by atoms with Crippen molar-refractivity contribution in [3.05, 3.63) is 54.6 Å². The molecule has 0 saturated carbocycles. The van der Waals surface area contributed by atoms with Gasteiger partial charge >= 0.3 is 0 Å². The van der Waals surface area contributed by atoms with Crippen molar-refractivity contribution in [3.8, 4) is 17.2 Å². The zero-order valence-electron chi connectivity index (χ0n) is 14.3. The molecule has 26 heavy (non-hydrogen) atoms. The summed E-state index contributed by atoms with van der Waals surface area (Å²) < 4.78 is 11.2. The van der Waals surface area contributed by atoms with Gasteiger partial charge < -0.3 is 25.2 Å². The van der Waals surface area contributed by atoms with E-state index in [1.807, 2.05) is 0 Å². The van der Waals surface area contributed by atoms with Crippen molar-refractivity contribution in [2.45, 2.75) is 19.6 Å². The summed E-state index contributed by atoms with van der Waals surface area (Å²) in [5, 5.41) is 15.2. The Morgan fingerprint density at radius 2 is 1.69 bits per heavy atom. The van der Waals surface area contributed by atoms with Gasteiger partial charge in [-0.3, -0.25) is 9.59 Å². The number of phenolic OH excluding ortho intramolecular Hbond substituents is 1. The third-order valence-corrected chi connectivity index (χ3v) is 3.61. The minimum absolute atomic E-state index is 0.0184. The van der Waals surface area contributed by atoms with Crippen LogP contribution in [0.1, 0.15) is 24.2 Å². The minimum Gasteiger partial charge on any atom is -0.507 e. The van der Waals surface area contributed by atoms with Crippen LogP contribution in [0.5, 0.6) is 17.2 Å². The molecule has 0 saturated heterocycles. The molecule has 1 heterocycles. The third-order valence-electron chi connectivity index (χ3n) is 3.61. The van der Waals surface area contributed by atoms with Crippen LogP contribution in [0.15, 0.2) is 49.1 Å². The number of rotatable bonds is 4. The van der Waals surface area contributed by atoms with E-state index in [4.69, 9.17) is 9.47 Å². The van der Waals surface area contributed by atoms with E-state index >= 15 is 0 Å². The topological polar surface area (TPSA) is 96.9 Å². The molecule has 1 aliphatic heterocycles. The maximum Gasteiger partial charge on any atom is 0.259 e. The van der Waals surface area contributed by atoms with Gasteiger partial charge in [0.05, 0.1) is 5.56 Å². The number of ether oxygens (including phenoxy) is 2. The highest BCUT2D eigenvalue weighted by molar-refractivity contribution is 6.07. The Morgan fingerprint density at radius 3 is 2.42 bits per heavy atom. The smallest absolute Gasteiger partial charge is 0.259 e. The Kier molecular flexibility index (Phi) is 4.29. The highest BCUT2D eigenvalue weighted by Gasteiger charge is 2.31. The number of carbonyl (C=O) groups is 2. The number of hydrogen-bond donors (Lipinski definition) is 3. The van der Waals surface area contributed by atoms with Gasteiger partial charge in [-0.15, -0.1) is 0 Å². The van der Waals surface area contributed by atoms with E-state index in [2.05, 4.69) is 17.2 Å². The number of amides is 2. The highest BCUT2D eigenvalue weighted by Crippen LogP contribution is 2.40. The Balaban J connectivity index is 1.80. The predicted molar refractivity (Wildman–Crippen MR) is 96.7 cm³/mol. The lowest BCUT2D eigenvalue weighted by Gasteiger charge is -2.16. The van der Waals surface area contributed by atoms with E-state index in [0.717, 1.165) is 6.08 Å². The summed E-state index contributed by atoms with van der Waals surface area (Å²) in [6.45, 7) is 6.93. The Bertz CT molecular complexity index is 905. The molecule has 0 unspecified atom stereocenters. The molecule has 0 spiro atoms. The van der Waals surface area contributed by atoms with E-state index < -0.39 is 17.6 Å². The normalized spacial score (nSPS) is 13.8. The van der Waals surface area contributed by atoms with Crippen molar-refractivity contribution in [1.29, 1.82) is 0 Å². The fraction of sp³-hybridized carbons (Fsp3) is 0.158. The average molecular weight is 354 g/mol. The lowest BCUT2D eigenvalue weighted by molar-refractivity contribution is -0.111. The maximum atomic E-state index is 12.5. The summed E-state index contributed by atoms with van der Waals surface area (Å²) in [5.74, 6) is -0.813. The number of anilines is 2. The van der Waals surface area contributed by atoms with Crippen molar-refractivity contribution < 1.29 is 24.2 Å². The van der Waals surface area contributed by atoms with Gasteiger partial charge in [-0.1, -0.05) is 6.58 Å². The summed E-state index contributed by atoms with van der Waals surface area (Å²) in [5.41, 5.74) is 0.866. The van der Waals surface area contributed by atoms with Crippen LogP contribution in [-0.2, 0) is 4.79 Å². The minimum atomic E-state index is -0.763. The molecule has 0 atom stereocenters. The predicted octanol–water partition coefficient (Wildman–Crippen LogP) is 3.28. The second kappa shape index (κ2) is 6.44. The SMILES string of the molecule is C=CC(=O)Nc1ccc(O)c(C(=O)Nc2ccc3c(c2)OC(C)(C)O3)c1. The van der Waals surface area contributed by atoms with Crippen LogP contribution in [0.2, 0.25) is 0 Å². The maximum absolute atomic E-state index is 12.5. The van der Waals surface area contributed by atoms with E-state index in [1.54, 1.807) is 32.0 Å². The Hall–Kier alpha value is -3.48. The number of aromatic hydroxyl groups is 1. The summed E-state index contributed by atoms with van der Waals surface area (Å²) in [4.78, 5) is 23.9. The van der Waals surface area contributed by atoms with Gasteiger partial charge in [-0.05, 0) is 36.4 Å². The largest absolute Gasteiger partial charge is 0.507 e. The average Bonchev–Trinajstić information content (AvgIpc) is 2.89. The highest BCUT2D eigenvalue weighted by atomic mass is 16.7. The molecular weight excluding hydrogens is 336 g/mol. The van der Waals surface area contributed by atoms with E-state index in [0.29, 0.717) is 22.9 Å². The van der Waals surface area contributed by atoms with Gasteiger partial charge in [-0.25, -0.2) is 0 Å². The molecule has 1 aliphatic rings. The fourth-order valence-electron chi connectivity index (χ4n) is 2.49. The van der Waals surface area contributed by atoms with Crippen LogP contribution in [0.3, 0.4) is 0 Å². The molecule has 0 aromatic heterocycles. The second-order valence-electron chi connectivity index (χ2n) is 6.14. The molecule has 3 rings (SSSR count). The fourth-order valence-corrected chi connectivity index (χ4v) is 2.49. The van der Waals surface area contributed by atoms with Gasteiger partial charge in [-0.2, -0.15) is 0 Å². The first-order valence-corrected chi connectivity index (χ1v) is 7.87. The van der Waals surface area contributed by atoms with Crippen LogP contribution < -0.4 is 20.1 Å². The molecule has 2 aromatic carbocycles. The molecule has 0 aliphatic carbocycles. The molecule has 0 fully saturated rings. The molecule has 134 valence electrons. The number of hydrogen-bond acceptors (Lipinski definition) is 5. The van der Waals surface area contributed by atoms with Crippen LogP contribution in [0, 0.1) is 0 Å². The quantitative estimate of drug-likeness (QED) is 0.578. The van der Waals surface area contributed by atoms with Crippen LogP contribution in [0.25, 0.3) is 0 Å². The summed E-state index contributed by atoms with van der Waals surface area (Å²) in [6.07, 6.45) is 1.11. The standard InChI is InChI=1S/C19H18N2O5/c1-4-17(23)20-11-5-7-14(22)13(9-11)18(24)21-12-6-8-15-16(10-12)26-19(2,3)25-15/h4-10,22H,1H2,2-3H3,(H,20,23)(H,21,24). The molecule has 3 N–H and O–H groups in total. The van der Waals surface area contributed by atoms with E-state index in [1.165, 1.54) is 18.2 Å². The van der Waals surface area contributed by atoms with Crippen LogP contribution >= 0.6 is 0 Å². The molecule has 7 heteroatoms. The zero-order chi connectivity index (χ0) is 18.9. The first kappa shape index (κ1) is 17.3. The van der Waals surface area contributed by atoms with Gasteiger partial charge in [0.2, 0.25) is 11.7 Å². The number of benzene rings is 2. The van der Waals surface area contributed by atoms with Crippen molar-refractivity contribution in [2.75, 3.05) is 10.6 Å². The van der Waals surface area contributed by atoms with Crippen molar-refractivity contribution in [3.63, 3.8) is 0 Å². The van der Waals surface area contributed by atoms with E-state index in [-0.39, 0.29) is 11.3 Å². The lowest BCUT2D eigenvalue weighted by Crippen LogP contribution is -2.29. The number of carbonyl (C=O) groups excluding carboxylic acids is 2. The molecular formula is C19H18N2O5. The van der Waals surface area contributed by atoms with Crippen LogP contribution in [0.4, 0.5) is 11.4 Å². The summed E-state index contributed by atoms with van der Waals surface area (Å²) >= 11 is 0. The van der Waals surface area contributed by atoms with Gasteiger partial charge in [0.15, 0.2) is 11.5 Å². The molecule has 0 radical (unpaired) electrons. The Labute approximate surface area is 150 Å². The molecule has 2 amide bonds.